The molecule has 6 heteroatoms. The zero-order valence-corrected chi connectivity index (χ0v) is 12.1. The summed E-state index contributed by atoms with van der Waals surface area (Å²) < 4.78 is 13.1. The van der Waals surface area contributed by atoms with Gasteiger partial charge in [0.15, 0.2) is 0 Å². The molecule has 0 atom stereocenters. The average molecular weight is 328 g/mol. The summed E-state index contributed by atoms with van der Waals surface area (Å²) in [7, 11) is 0. The van der Waals surface area contributed by atoms with Gasteiger partial charge in [0.2, 0.25) is 5.13 Å². The molecule has 0 fully saturated rings. The zero-order valence-electron chi connectivity index (χ0n) is 9.65. The smallest absolute Gasteiger partial charge is 0.203 e. The molecule has 1 N–H and O–H groups in total. The van der Waals surface area contributed by atoms with Crippen molar-refractivity contribution < 1.29 is 4.39 Å². The van der Waals surface area contributed by atoms with Gasteiger partial charge in [-0.25, -0.2) is 9.37 Å². The van der Waals surface area contributed by atoms with Crippen LogP contribution >= 0.6 is 27.3 Å². The molecule has 0 aliphatic rings. The van der Waals surface area contributed by atoms with Gasteiger partial charge in [-0.05, 0) is 24.6 Å². The van der Waals surface area contributed by atoms with E-state index in [1.165, 1.54) is 23.5 Å². The molecule has 1 aromatic heterocycles. The van der Waals surface area contributed by atoms with Gasteiger partial charge >= 0.3 is 0 Å². The van der Waals surface area contributed by atoms with Crippen LogP contribution in [0.5, 0.6) is 0 Å². The Labute approximate surface area is 117 Å². The number of hydrogen-bond donors (Lipinski definition) is 1. The Bertz CT molecular complexity index is 568. The molecule has 1 heterocycles. The van der Waals surface area contributed by atoms with E-state index < -0.39 is 0 Å². The Balaban J connectivity index is 2.11. The molecule has 3 nitrogen and oxygen atoms in total. The van der Waals surface area contributed by atoms with Gasteiger partial charge in [0, 0.05) is 16.3 Å². The Morgan fingerprint density at radius 2 is 2.39 bits per heavy atom. The Kier molecular flexibility index (Phi) is 4.43. The minimum Gasteiger partial charge on any atom is -0.253 e. The number of benzene rings is 1. The van der Waals surface area contributed by atoms with Crippen LogP contribution in [0.4, 0.5) is 9.52 Å². The van der Waals surface area contributed by atoms with Crippen LogP contribution in [0.1, 0.15) is 16.8 Å². The molecular weight excluding hydrogens is 317 g/mol. The summed E-state index contributed by atoms with van der Waals surface area (Å²) in [4.78, 5) is 4.21. The number of hydrogen-bond acceptors (Lipinski definition) is 4. The number of rotatable bonds is 4. The highest BCUT2D eigenvalue weighted by molar-refractivity contribution is 9.08. The van der Waals surface area contributed by atoms with Crippen molar-refractivity contribution in [3.8, 4) is 0 Å². The number of alkyl halides is 1. The third kappa shape index (κ3) is 3.36. The molecule has 1 aromatic carbocycles. The van der Waals surface area contributed by atoms with Gasteiger partial charge in [-0.15, -0.1) is 11.3 Å². The number of halogens is 2. The molecular formula is C12H11BrFN3S. The van der Waals surface area contributed by atoms with Crippen molar-refractivity contribution in [1.29, 1.82) is 0 Å². The van der Waals surface area contributed by atoms with Crippen LogP contribution in [0.15, 0.2) is 28.7 Å². The van der Waals surface area contributed by atoms with Gasteiger partial charge in [0.25, 0.3) is 0 Å². The summed E-state index contributed by atoms with van der Waals surface area (Å²) in [5.41, 5.74) is 5.50. The number of aryl methyl sites for hydroxylation is 1. The van der Waals surface area contributed by atoms with Crippen molar-refractivity contribution in [1.82, 2.24) is 4.98 Å². The number of thiazole rings is 1. The largest absolute Gasteiger partial charge is 0.253 e. The fraction of sp³-hybridized carbons (Fsp3) is 0.167. The first kappa shape index (κ1) is 13.2. The number of nitrogens with zero attached hydrogens (tertiary/aromatic N) is 2. The highest BCUT2D eigenvalue weighted by atomic mass is 79.9. The van der Waals surface area contributed by atoms with E-state index in [1.54, 1.807) is 12.3 Å². The molecule has 0 aliphatic carbocycles. The minimum atomic E-state index is -0.272. The molecule has 0 radical (unpaired) electrons. The van der Waals surface area contributed by atoms with Gasteiger partial charge in [-0.2, -0.15) is 5.10 Å². The lowest BCUT2D eigenvalue weighted by molar-refractivity contribution is 0.627. The lowest BCUT2D eigenvalue weighted by Gasteiger charge is -2.01. The standard InChI is InChI=1S/C12H11BrFN3S/c1-8-7-18-12(16-8)17-15-6-10-4-11(14)3-2-9(10)5-13/h2-4,6-7H,5H2,1H3,(H,16,17). The maximum Gasteiger partial charge on any atom is 0.203 e. The van der Waals surface area contributed by atoms with Gasteiger partial charge in [0.05, 0.1) is 11.9 Å². The molecule has 0 amide bonds. The van der Waals surface area contributed by atoms with E-state index >= 15 is 0 Å². The van der Waals surface area contributed by atoms with E-state index in [1.807, 2.05) is 12.3 Å². The molecule has 0 bridgehead atoms. The van der Waals surface area contributed by atoms with E-state index in [-0.39, 0.29) is 5.82 Å². The summed E-state index contributed by atoms with van der Waals surface area (Å²) in [5.74, 6) is -0.272. The minimum absolute atomic E-state index is 0.272. The third-order valence-corrected chi connectivity index (χ3v) is 3.70. The second kappa shape index (κ2) is 6.06. The number of aromatic nitrogens is 1. The SMILES string of the molecule is Cc1csc(NN=Cc2cc(F)ccc2CBr)n1. The van der Waals surface area contributed by atoms with Crippen molar-refractivity contribution in [3.63, 3.8) is 0 Å². The van der Waals surface area contributed by atoms with Crippen molar-refractivity contribution in [2.24, 2.45) is 5.10 Å². The predicted octanol–water partition coefficient (Wildman–Crippen LogP) is 3.93. The van der Waals surface area contributed by atoms with Gasteiger partial charge in [0.1, 0.15) is 5.82 Å². The second-order valence-corrected chi connectivity index (χ2v) is 5.06. The molecule has 2 rings (SSSR count). The Morgan fingerprint density at radius 1 is 1.56 bits per heavy atom. The molecule has 94 valence electrons. The second-order valence-electron chi connectivity index (χ2n) is 3.64. The fourth-order valence-electron chi connectivity index (χ4n) is 1.37. The lowest BCUT2D eigenvalue weighted by Crippen LogP contribution is -1.94. The first-order valence-electron chi connectivity index (χ1n) is 5.24. The molecule has 18 heavy (non-hydrogen) atoms. The molecule has 0 unspecified atom stereocenters. The van der Waals surface area contributed by atoms with Gasteiger partial charge in [-0.3, -0.25) is 5.43 Å². The highest BCUT2D eigenvalue weighted by Gasteiger charge is 2.01. The van der Waals surface area contributed by atoms with E-state index in [0.717, 1.165) is 22.0 Å². The quantitative estimate of drug-likeness (QED) is 0.524. The number of anilines is 1. The number of hydrazone groups is 1. The van der Waals surface area contributed by atoms with E-state index in [9.17, 15) is 4.39 Å². The van der Waals surface area contributed by atoms with Crippen LogP contribution in [0.3, 0.4) is 0 Å². The van der Waals surface area contributed by atoms with Crippen LogP contribution in [0.2, 0.25) is 0 Å². The summed E-state index contributed by atoms with van der Waals surface area (Å²) >= 11 is 4.84. The van der Waals surface area contributed by atoms with Crippen molar-refractivity contribution in [2.75, 3.05) is 5.43 Å². The molecule has 0 saturated carbocycles. The first-order valence-corrected chi connectivity index (χ1v) is 7.25. The Morgan fingerprint density at radius 3 is 3.06 bits per heavy atom. The predicted molar refractivity (Wildman–Crippen MR) is 77.1 cm³/mol. The average Bonchev–Trinajstić information content (AvgIpc) is 2.75. The van der Waals surface area contributed by atoms with Crippen LogP contribution < -0.4 is 5.43 Å². The summed E-state index contributed by atoms with van der Waals surface area (Å²) in [5, 5.41) is 7.38. The van der Waals surface area contributed by atoms with E-state index in [0.29, 0.717) is 5.33 Å². The van der Waals surface area contributed by atoms with Gasteiger partial charge < -0.3 is 0 Å². The lowest BCUT2D eigenvalue weighted by atomic mass is 10.1. The van der Waals surface area contributed by atoms with E-state index in [2.05, 4.69) is 31.4 Å². The van der Waals surface area contributed by atoms with Crippen molar-refractivity contribution in [2.45, 2.75) is 12.3 Å². The van der Waals surface area contributed by atoms with Crippen molar-refractivity contribution in [3.05, 3.63) is 46.2 Å². The van der Waals surface area contributed by atoms with E-state index in [4.69, 9.17) is 0 Å². The zero-order chi connectivity index (χ0) is 13.0. The van der Waals surface area contributed by atoms with Crippen LogP contribution in [-0.2, 0) is 5.33 Å². The van der Waals surface area contributed by atoms with Gasteiger partial charge in [-0.1, -0.05) is 22.0 Å². The van der Waals surface area contributed by atoms with Crippen molar-refractivity contribution >= 4 is 38.6 Å². The third-order valence-electron chi connectivity index (χ3n) is 2.23. The molecule has 0 aliphatic heterocycles. The maximum atomic E-state index is 13.1. The topological polar surface area (TPSA) is 37.3 Å². The molecule has 2 aromatic rings. The summed E-state index contributed by atoms with van der Waals surface area (Å²) in [6.45, 7) is 1.92. The summed E-state index contributed by atoms with van der Waals surface area (Å²) in [6, 6.07) is 4.62. The van der Waals surface area contributed by atoms with Crippen LogP contribution in [0, 0.1) is 12.7 Å². The van der Waals surface area contributed by atoms with Crippen LogP contribution in [0.25, 0.3) is 0 Å². The highest BCUT2D eigenvalue weighted by Crippen LogP contribution is 2.15. The maximum absolute atomic E-state index is 13.1. The van der Waals surface area contributed by atoms with Crippen LogP contribution in [-0.4, -0.2) is 11.2 Å². The Hall–Kier alpha value is -1.27. The first-order chi connectivity index (χ1) is 8.69. The normalized spacial score (nSPS) is 11.1. The monoisotopic (exact) mass is 327 g/mol. The summed E-state index contributed by atoms with van der Waals surface area (Å²) in [6.07, 6.45) is 1.59. The fourth-order valence-corrected chi connectivity index (χ4v) is 2.52. The molecule has 0 saturated heterocycles. The number of nitrogens with one attached hydrogen (secondary N) is 1. The molecule has 0 spiro atoms.